The van der Waals surface area contributed by atoms with E-state index in [0.717, 1.165) is 0 Å². The van der Waals surface area contributed by atoms with Gasteiger partial charge in [-0.05, 0) is 13.0 Å². The van der Waals surface area contributed by atoms with Crippen molar-refractivity contribution in [3.05, 3.63) is 24.0 Å². The molecular formula is C11H13N5O6S. The number of urea groups is 1. The van der Waals surface area contributed by atoms with Gasteiger partial charge in [0, 0.05) is 18.3 Å². The fourth-order valence-corrected chi connectivity index (χ4v) is 2.82. The third-order valence-corrected chi connectivity index (χ3v) is 3.87. The second-order valence-corrected chi connectivity index (χ2v) is 6.08. The Morgan fingerprint density at radius 1 is 1.52 bits per heavy atom. The molecule has 1 unspecified atom stereocenters. The highest BCUT2D eigenvalue weighted by Gasteiger charge is 2.43. The second kappa shape index (κ2) is 5.33. The number of carbonyl (C=O) groups excluding carboxylic acids is 1. The molecule has 23 heavy (non-hydrogen) atoms. The molecule has 0 radical (unpaired) electrons. The van der Waals surface area contributed by atoms with E-state index in [1.54, 1.807) is 19.2 Å². The zero-order valence-electron chi connectivity index (χ0n) is 11.9. The summed E-state index contributed by atoms with van der Waals surface area (Å²) in [4.78, 5) is 13.4. The van der Waals surface area contributed by atoms with Gasteiger partial charge in [-0.15, -0.1) is 4.28 Å². The Balaban J connectivity index is 1.88. The van der Waals surface area contributed by atoms with Crippen molar-refractivity contribution in [2.24, 2.45) is 5.16 Å². The molecule has 2 N–H and O–H groups in total. The van der Waals surface area contributed by atoms with E-state index < -0.39 is 22.5 Å². The van der Waals surface area contributed by atoms with Crippen LogP contribution in [0.15, 0.2) is 23.6 Å². The van der Waals surface area contributed by atoms with Crippen LogP contribution in [0, 0.1) is 0 Å². The lowest BCUT2D eigenvalue weighted by molar-refractivity contribution is -0.0183. The van der Waals surface area contributed by atoms with E-state index in [-0.39, 0.29) is 13.1 Å². The van der Waals surface area contributed by atoms with Crippen molar-refractivity contribution in [1.29, 1.82) is 0 Å². The number of oxime groups is 1. The van der Waals surface area contributed by atoms with Gasteiger partial charge in [-0.1, -0.05) is 5.16 Å². The standard InChI is InChI=1S/C11H13N5O6S/c1-7(13-18)8-3-12-15(4-8)9-2-10-6-14(5-9)11(17)16(10)22-23(19,20)21/h2-4,10,18H,5-6H2,1H3,(H,19,20,21)/b13-7+. The molecule has 12 heteroatoms. The van der Waals surface area contributed by atoms with Gasteiger partial charge < -0.3 is 10.1 Å². The van der Waals surface area contributed by atoms with Crippen LogP contribution in [0.1, 0.15) is 12.5 Å². The van der Waals surface area contributed by atoms with Gasteiger partial charge in [0.25, 0.3) is 0 Å². The zero-order valence-corrected chi connectivity index (χ0v) is 12.7. The molecule has 0 aliphatic carbocycles. The summed E-state index contributed by atoms with van der Waals surface area (Å²) in [6.07, 6.45) is 4.73. The van der Waals surface area contributed by atoms with Gasteiger partial charge in [0.2, 0.25) is 0 Å². The van der Waals surface area contributed by atoms with Gasteiger partial charge in [-0.2, -0.15) is 18.6 Å². The molecule has 11 nitrogen and oxygen atoms in total. The number of carbonyl (C=O) groups is 1. The maximum atomic E-state index is 12.0. The van der Waals surface area contributed by atoms with Crippen molar-refractivity contribution in [1.82, 2.24) is 19.7 Å². The first-order valence-corrected chi connectivity index (χ1v) is 7.85. The molecule has 1 aromatic heterocycles. The van der Waals surface area contributed by atoms with Gasteiger partial charge >= 0.3 is 16.4 Å². The molecule has 1 saturated heterocycles. The van der Waals surface area contributed by atoms with Crippen molar-refractivity contribution < 1.29 is 27.3 Å². The average molecular weight is 343 g/mol. The van der Waals surface area contributed by atoms with Crippen LogP contribution in [0.4, 0.5) is 4.79 Å². The highest BCUT2D eigenvalue weighted by atomic mass is 32.3. The fraction of sp³-hybridized carbons (Fsp3) is 0.364. The zero-order chi connectivity index (χ0) is 16.8. The predicted octanol–water partition coefficient (Wildman–Crippen LogP) is -0.224. The lowest BCUT2D eigenvalue weighted by Crippen LogP contribution is -2.35. The minimum Gasteiger partial charge on any atom is -0.411 e. The van der Waals surface area contributed by atoms with Crippen molar-refractivity contribution in [3.63, 3.8) is 0 Å². The smallest absolute Gasteiger partial charge is 0.411 e. The SMILES string of the molecule is C/C(=N\O)c1cnn(C2=CC3CN(C2)C(=O)N3OS(=O)(=O)O)c1. The number of rotatable bonds is 4. The molecule has 2 aliphatic rings. The Hall–Kier alpha value is -2.44. The van der Waals surface area contributed by atoms with Crippen molar-refractivity contribution in [2.45, 2.75) is 13.0 Å². The van der Waals surface area contributed by atoms with E-state index in [2.05, 4.69) is 14.5 Å². The van der Waals surface area contributed by atoms with E-state index in [1.807, 2.05) is 0 Å². The first-order valence-electron chi connectivity index (χ1n) is 6.48. The lowest BCUT2D eigenvalue weighted by Gasteiger charge is -2.20. The monoisotopic (exact) mass is 343 g/mol. The molecule has 1 atom stereocenters. The number of hydrogen-bond acceptors (Lipinski definition) is 7. The predicted molar refractivity (Wildman–Crippen MR) is 75.7 cm³/mol. The summed E-state index contributed by atoms with van der Waals surface area (Å²) in [5, 5.41) is 16.6. The molecule has 2 amide bonds. The number of fused-ring (bicyclic) bond motifs is 2. The Labute approximate surface area is 130 Å². The highest BCUT2D eigenvalue weighted by molar-refractivity contribution is 7.80. The summed E-state index contributed by atoms with van der Waals surface area (Å²) >= 11 is 0. The minimum absolute atomic E-state index is 0.192. The number of nitrogens with zero attached hydrogens (tertiary/aromatic N) is 5. The van der Waals surface area contributed by atoms with Crippen molar-refractivity contribution in [2.75, 3.05) is 13.1 Å². The van der Waals surface area contributed by atoms with Crippen LogP contribution in [0.5, 0.6) is 0 Å². The highest BCUT2D eigenvalue weighted by Crippen LogP contribution is 2.27. The summed E-state index contributed by atoms with van der Waals surface area (Å²) in [5.41, 5.74) is 1.59. The number of amides is 2. The van der Waals surface area contributed by atoms with E-state index in [4.69, 9.17) is 9.76 Å². The fourth-order valence-electron chi connectivity index (χ4n) is 2.44. The van der Waals surface area contributed by atoms with Crippen LogP contribution in [-0.4, -0.2) is 68.8 Å². The Morgan fingerprint density at radius 3 is 2.91 bits per heavy atom. The third-order valence-electron chi connectivity index (χ3n) is 3.52. The van der Waals surface area contributed by atoms with Crippen molar-refractivity contribution >= 4 is 27.8 Å². The van der Waals surface area contributed by atoms with Crippen LogP contribution in [0.3, 0.4) is 0 Å². The molecule has 124 valence electrons. The topological polar surface area (TPSA) is 138 Å². The van der Waals surface area contributed by atoms with E-state index in [1.165, 1.54) is 15.8 Å². The normalized spacial score (nSPS) is 21.8. The molecule has 2 bridgehead atoms. The van der Waals surface area contributed by atoms with Crippen LogP contribution in [0.2, 0.25) is 0 Å². The summed E-state index contributed by atoms with van der Waals surface area (Å²) in [7, 11) is -4.79. The first kappa shape index (κ1) is 15.5. The summed E-state index contributed by atoms with van der Waals surface area (Å²) in [5.74, 6) is 0. The largest absolute Gasteiger partial charge is 0.418 e. The van der Waals surface area contributed by atoms with E-state index in [9.17, 15) is 13.2 Å². The van der Waals surface area contributed by atoms with Crippen LogP contribution in [-0.2, 0) is 14.7 Å². The third kappa shape index (κ3) is 2.91. The van der Waals surface area contributed by atoms with Crippen molar-refractivity contribution in [3.8, 4) is 0 Å². The Morgan fingerprint density at radius 2 is 2.26 bits per heavy atom. The maximum Gasteiger partial charge on any atom is 0.418 e. The minimum atomic E-state index is -4.79. The Bertz CT molecular complexity index is 813. The molecule has 3 heterocycles. The Kier molecular flexibility index (Phi) is 3.58. The first-order chi connectivity index (χ1) is 10.8. The molecule has 0 saturated carbocycles. The van der Waals surface area contributed by atoms with Gasteiger partial charge in [0.15, 0.2) is 0 Å². The van der Waals surface area contributed by atoms with E-state index >= 15 is 0 Å². The van der Waals surface area contributed by atoms with Gasteiger partial charge in [-0.25, -0.2) is 9.48 Å². The van der Waals surface area contributed by atoms with E-state index in [0.29, 0.717) is 22.0 Å². The molecule has 2 aliphatic heterocycles. The molecular weight excluding hydrogens is 330 g/mol. The van der Waals surface area contributed by atoms with Gasteiger partial charge in [0.05, 0.1) is 24.2 Å². The van der Waals surface area contributed by atoms with Crippen LogP contribution in [0.25, 0.3) is 5.70 Å². The average Bonchev–Trinajstić information content (AvgIpc) is 3.06. The lowest BCUT2D eigenvalue weighted by atomic mass is 10.2. The molecule has 0 spiro atoms. The molecule has 3 rings (SSSR count). The summed E-state index contributed by atoms with van der Waals surface area (Å²) in [6.45, 7) is 2.04. The van der Waals surface area contributed by atoms with Gasteiger partial charge in [-0.3, -0.25) is 4.55 Å². The molecule has 1 aromatic rings. The summed E-state index contributed by atoms with van der Waals surface area (Å²) in [6, 6.07) is -1.34. The van der Waals surface area contributed by atoms with Gasteiger partial charge in [0.1, 0.15) is 6.04 Å². The number of aromatic nitrogens is 2. The van der Waals surface area contributed by atoms with Crippen LogP contribution < -0.4 is 0 Å². The van der Waals surface area contributed by atoms with Crippen LogP contribution >= 0.6 is 0 Å². The maximum absolute atomic E-state index is 12.0. The molecule has 0 aromatic carbocycles. The number of hydrogen-bond donors (Lipinski definition) is 2. The quantitative estimate of drug-likeness (QED) is 0.333. The summed E-state index contributed by atoms with van der Waals surface area (Å²) < 4.78 is 36.2. The molecule has 1 fully saturated rings. The number of hydroxylamine groups is 2. The second-order valence-electron chi connectivity index (χ2n) is 5.08.